The largest absolute Gasteiger partial charge is 0.0836 e. The predicted molar refractivity (Wildman–Crippen MR) is 113 cm³/mol. The quantitative estimate of drug-likeness (QED) is 0.359. The van der Waals surface area contributed by atoms with Gasteiger partial charge in [0.05, 0.1) is 0 Å². The van der Waals surface area contributed by atoms with Gasteiger partial charge in [0.15, 0.2) is 0 Å². The van der Waals surface area contributed by atoms with Crippen LogP contribution < -0.4 is 0 Å². The van der Waals surface area contributed by atoms with Gasteiger partial charge in [0, 0.05) is 0 Å². The van der Waals surface area contributed by atoms with Gasteiger partial charge in [-0.15, -0.1) is 0 Å². The minimum Gasteiger partial charge on any atom is -0.0836 e. The Bertz CT molecular complexity index is 1170. The third-order valence-electron chi connectivity index (χ3n) is 5.25. The van der Waals surface area contributed by atoms with Crippen LogP contribution in [-0.2, 0) is 0 Å². The van der Waals surface area contributed by atoms with Crippen LogP contribution >= 0.6 is 0 Å². The van der Waals surface area contributed by atoms with E-state index in [-0.39, 0.29) is 0 Å². The van der Waals surface area contributed by atoms with Crippen molar-refractivity contribution in [2.75, 3.05) is 0 Å². The fraction of sp³-hybridized carbons (Fsp3) is 0.0769. The second-order valence-electron chi connectivity index (χ2n) is 6.98. The summed E-state index contributed by atoms with van der Waals surface area (Å²) in [5.41, 5.74) is 5.20. The fourth-order valence-corrected chi connectivity index (χ4v) is 3.80. The van der Waals surface area contributed by atoms with Crippen LogP contribution in [0.1, 0.15) is 18.4 Å². The highest BCUT2D eigenvalue weighted by atomic mass is 14.1. The molecule has 5 rings (SSSR count). The molecule has 0 unspecified atom stereocenters. The molecule has 26 heavy (non-hydrogen) atoms. The third kappa shape index (κ3) is 2.74. The molecule has 0 aliphatic heterocycles. The van der Waals surface area contributed by atoms with Crippen molar-refractivity contribution in [1.82, 2.24) is 0 Å². The molecule has 0 spiro atoms. The van der Waals surface area contributed by atoms with Crippen molar-refractivity contribution in [3.63, 3.8) is 0 Å². The fourth-order valence-electron chi connectivity index (χ4n) is 3.80. The van der Waals surface area contributed by atoms with Gasteiger partial charge in [-0.3, -0.25) is 0 Å². The lowest BCUT2D eigenvalue weighted by atomic mass is 9.95. The first-order valence-corrected chi connectivity index (χ1v) is 9.27. The SMILES string of the molecule is C1=CC(c2ccc3cc(-c4ccc5ccccc5c4)ccc3c2)=CCC1. The standard InChI is InChI=1S/C26H20/c1-2-6-19(7-3-1)22-12-13-25-18-26(15-14-24(25)17-22)23-11-10-20-8-4-5-9-21(20)16-23/h2,4-18H,1,3H2. The van der Waals surface area contributed by atoms with E-state index in [9.17, 15) is 0 Å². The van der Waals surface area contributed by atoms with Gasteiger partial charge in [0.25, 0.3) is 0 Å². The third-order valence-corrected chi connectivity index (χ3v) is 5.25. The summed E-state index contributed by atoms with van der Waals surface area (Å²) >= 11 is 0. The summed E-state index contributed by atoms with van der Waals surface area (Å²) in [7, 11) is 0. The summed E-state index contributed by atoms with van der Waals surface area (Å²) in [6.07, 6.45) is 9.15. The smallest absolute Gasteiger partial charge is 0.0177 e. The molecule has 1 aliphatic rings. The lowest BCUT2D eigenvalue weighted by Gasteiger charge is -2.10. The monoisotopic (exact) mass is 332 g/mol. The lowest BCUT2D eigenvalue weighted by molar-refractivity contribution is 1.04. The molecule has 4 aromatic rings. The maximum atomic E-state index is 2.34. The van der Waals surface area contributed by atoms with Gasteiger partial charge < -0.3 is 0 Å². The average molecular weight is 332 g/mol. The maximum absolute atomic E-state index is 2.34. The van der Waals surface area contributed by atoms with E-state index in [1.165, 1.54) is 43.8 Å². The van der Waals surface area contributed by atoms with Crippen molar-refractivity contribution in [2.45, 2.75) is 12.8 Å². The van der Waals surface area contributed by atoms with E-state index < -0.39 is 0 Å². The molecule has 0 saturated heterocycles. The molecule has 0 radical (unpaired) electrons. The van der Waals surface area contributed by atoms with Crippen molar-refractivity contribution in [2.24, 2.45) is 0 Å². The van der Waals surface area contributed by atoms with Crippen LogP contribution in [0.25, 0.3) is 38.2 Å². The Hall–Kier alpha value is -3.12. The molecule has 0 saturated carbocycles. The van der Waals surface area contributed by atoms with E-state index in [1.807, 2.05) is 0 Å². The van der Waals surface area contributed by atoms with Crippen LogP contribution in [0, 0.1) is 0 Å². The summed E-state index contributed by atoms with van der Waals surface area (Å²) in [5.74, 6) is 0. The van der Waals surface area contributed by atoms with Crippen LogP contribution in [-0.4, -0.2) is 0 Å². The molecule has 4 aromatic carbocycles. The van der Waals surface area contributed by atoms with Crippen molar-refractivity contribution in [3.05, 3.63) is 103 Å². The van der Waals surface area contributed by atoms with Gasteiger partial charge in [0.2, 0.25) is 0 Å². The first-order chi connectivity index (χ1) is 12.9. The van der Waals surface area contributed by atoms with E-state index in [2.05, 4.69) is 97.1 Å². The summed E-state index contributed by atoms with van der Waals surface area (Å²) in [5, 5.41) is 5.17. The molecular weight excluding hydrogens is 312 g/mol. The second-order valence-corrected chi connectivity index (χ2v) is 6.98. The van der Waals surface area contributed by atoms with Crippen molar-refractivity contribution in [3.8, 4) is 11.1 Å². The molecule has 0 heteroatoms. The van der Waals surface area contributed by atoms with Gasteiger partial charge >= 0.3 is 0 Å². The lowest BCUT2D eigenvalue weighted by Crippen LogP contribution is -1.87. The predicted octanol–water partition coefficient (Wildman–Crippen LogP) is 7.39. The zero-order valence-electron chi connectivity index (χ0n) is 14.7. The Balaban J connectivity index is 1.56. The van der Waals surface area contributed by atoms with Crippen LogP contribution in [0.2, 0.25) is 0 Å². The molecule has 1 aliphatic carbocycles. The van der Waals surface area contributed by atoms with E-state index in [0.717, 1.165) is 12.8 Å². The van der Waals surface area contributed by atoms with Gasteiger partial charge in [-0.1, -0.05) is 78.9 Å². The summed E-state index contributed by atoms with van der Waals surface area (Å²) in [6, 6.07) is 28.8. The number of hydrogen-bond acceptors (Lipinski definition) is 0. The van der Waals surface area contributed by atoms with Crippen molar-refractivity contribution >= 4 is 27.1 Å². The van der Waals surface area contributed by atoms with E-state index in [4.69, 9.17) is 0 Å². The average Bonchev–Trinajstić information content (AvgIpc) is 2.73. The minimum absolute atomic E-state index is 1.14. The summed E-state index contributed by atoms with van der Waals surface area (Å²) in [4.78, 5) is 0. The zero-order valence-corrected chi connectivity index (χ0v) is 14.7. The Kier molecular flexibility index (Phi) is 3.68. The Morgan fingerprint density at radius 3 is 1.77 bits per heavy atom. The molecule has 0 bridgehead atoms. The van der Waals surface area contributed by atoms with Crippen LogP contribution in [0.3, 0.4) is 0 Å². The van der Waals surface area contributed by atoms with E-state index >= 15 is 0 Å². The minimum atomic E-state index is 1.14. The number of fused-ring (bicyclic) bond motifs is 2. The molecule has 0 heterocycles. The van der Waals surface area contributed by atoms with Crippen LogP contribution in [0.4, 0.5) is 0 Å². The number of benzene rings is 4. The first kappa shape index (κ1) is 15.2. The highest BCUT2D eigenvalue weighted by Gasteiger charge is 2.05. The van der Waals surface area contributed by atoms with Gasteiger partial charge in [-0.25, -0.2) is 0 Å². The normalized spacial score (nSPS) is 13.9. The Morgan fingerprint density at radius 1 is 0.500 bits per heavy atom. The second kappa shape index (κ2) is 6.31. The van der Waals surface area contributed by atoms with E-state index in [0.29, 0.717) is 0 Å². The molecular formula is C26H20. The molecule has 0 fully saturated rings. The maximum Gasteiger partial charge on any atom is -0.0177 e. The molecule has 0 atom stereocenters. The Labute approximate surface area is 154 Å². The van der Waals surface area contributed by atoms with Gasteiger partial charge in [-0.05, 0) is 74.8 Å². The van der Waals surface area contributed by atoms with Gasteiger partial charge in [-0.2, -0.15) is 0 Å². The first-order valence-electron chi connectivity index (χ1n) is 9.27. The topological polar surface area (TPSA) is 0 Å². The number of allylic oxidation sites excluding steroid dienone is 4. The molecule has 0 nitrogen and oxygen atoms in total. The molecule has 0 aromatic heterocycles. The Morgan fingerprint density at radius 2 is 1.08 bits per heavy atom. The summed E-state index contributed by atoms with van der Waals surface area (Å²) in [6.45, 7) is 0. The highest BCUT2D eigenvalue weighted by molar-refractivity contribution is 5.93. The van der Waals surface area contributed by atoms with Crippen molar-refractivity contribution in [1.29, 1.82) is 0 Å². The number of hydrogen-bond donors (Lipinski definition) is 0. The highest BCUT2D eigenvalue weighted by Crippen LogP contribution is 2.30. The van der Waals surface area contributed by atoms with E-state index in [1.54, 1.807) is 0 Å². The molecule has 0 N–H and O–H groups in total. The number of rotatable bonds is 2. The zero-order chi connectivity index (χ0) is 17.3. The molecule has 0 amide bonds. The van der Waals surface area contributed by atoms with Crippen LogP contribution in [0.15, 0.2) is 97.1 Å². The van der Waals surface area contributed by atoms with Crippen LogP contribution in [0.5, 0.6) is 0 Å². The summed E-state index contributed by atoms with van der Waals surface area (Å²) < 4.78 is 0. The molecule has 124 valence electrons. The van der Waals surface area contributed by atoms with Gasteiger partial charge in [0.1, 0.15) is 0 Å². The van der Waals surface area contributed by atoms with Crippen molar-refractivity contribution < 1.29 is 0 Å².